The molecule has 1 fully saturated rings. The lowest BCUT2D eigenvalue weighted by molar-refractivity contribution is 0.432. The minimum absolute atomic E-state index is 0.292. The molecule has 3 aromatic heterocycles. The number of pyridine rings is 1. The Labute approximate surface area is 167 Å². The van der Waals surface area contributed by atoms with E-state index in [0.717, 1.165) is 16.8 Å². The first-order valence-electron chi connectivity index (χ1n) is 9.47. The Morgan fingerprint density at radius 1 is 1.21 bits per heavy atom. The molecule has 0 aliphatic heterocycles. The summed E-state index contributed by atoms with van der Waals surface area (Å²) in [6, 6.07) is 13.4. The summed E-state index contributed by atoms with van der Waals surface area (Å²) in [6.45, 7) is 0.292. The van der Waals surface area contributed by atoms with E-state index in [1.807, 2.05) is 41.9 Å². The van der Waals surface area contributed by atoms with Gasteiger partial charge in [-0.25, -0.2) is 4.68 Å². The molecular weight excluding hydrogens is 366 g/mol. The number of rotatable bonds is 5. The molecule has 1 saturated carbocycles. The van der Waals surface area contributed by atoms with Crippen molar-refractivity contribution in [1.82, 2.24) is 24.4 Å². The molecule has 4 aromatic rings. The van der Waals surface area contributed by atoms with Gasteiger partial charge >= 0.3 is 0 Å². The Bertz CT molecular complexity index is 1260. The molecule has 1 aliphatic rings. The number of nitrogens with two attached hydrogens (primary N) is 1. The van der Waals surface area contributed by atoms with Gasteiger partial charge in [0.15, 0.2) is 11.5 Å². The van der Waals surface area contributed by atoms with Crippen molar-refractivity contribution in [2.45, 2.75) is 25.3 Å². The highest BCUT2D eigenvalue weighted by atomic mass is 16.5. The van der Waals surface area contributed by atoms with Crippen molar-refractivity contribution >= 4 is 5.65 Å². The van der Waals surface area contributed by atoms with Gasteiger partial charge in [0.25, 0.3) is 0 Å². The molecule has 2 N–H and O–H groups in total. The molecule has 5 rings (SSSR count). The van der Waals surface area contributed by atoms with Crippen LogP contribution in [-0.2, 0) is 13.6 Å². The van der Waals surface area contributed by atoms with Gasteiger partial charge in [-0.2, -0.15) is 10.4 Å². The Balaban J connectivity index is 1.63. The van der Waals surface area contributed by atoms with E-state index in [4.69, 9.17) is 10.5 Å². The zero-order valence-corrected chi connectivity index (χ0v) is 15.9. The van der Waals surface area contributed by atoms with Crippen molar-refractivity contribution < 1.29 is 4.74 Å². The molecule has 1 aliphatic carbocycles. The monoisotopic (exact) mass is 385 g/mol. The summed E-state index contributed by atoms with van der Waals surface area (Å²) in [7, 11) is 1.86. The Morgan fingerprint density at radius 2 is 2.07 bits per heavy atom. The van der Waals surface area contributed by atoms with Crippen LogP contribution in [0.5, 0.6) is 11.6 Å². The first kappa shape index (κ1) is 17.4. The summed E-state index contributed by atoms with van der Waals surface area (Å²) in [5.74, 6) is 2.42. The summed E-state index contributed by atoms with van der Waals surface area (Å²) >= 11 is 0. The maximum Gasteiger partial charge on any atom is 0.217 e. The minimum Gasteiger partial charge on any atom is -0.439 e. The lowest BCUT2D eigenvalue weighted by Crippen LogP contribution is -2.02. The fourth-order valence-electron chi connectivity index (χ4n) is 3.47. The van der Waals surface area contributed by atoms with Gasteiger partial charge in [-0.05, 0) is 43.2 Å². The first-order valence-corrected chi connectivity index (χ1v) is 9.47. The van der Waals surface area contributed by atoms with Crippen LogP contribution in [0, 0.1) is 11.3 Å². The molecule has 0 radical (unpaired) electrons. The molecule has 0 unspecified atom stereocenters. The fourth-order valence-corrected chi connectivity index (χ4v) is 3.47. The highest BCUT2D eigenvalue weighted by Gasteiger charge is 2.27. The van der Waals surface area contributed by atoms with Gasteiger partial charge in [0.2, 0.25) is 5.88 Å². The summed E-state index contributed by atoms with van der Waals surface area (Å²) in [5, 5.41) is 22.4. The second-order valence-electron chi connectivity index (χ2n) is 7.17. The van der Waals surface area contributed by atoms with Gasteiger partial charge in [-0.15, -0.1) is 10.2 Å². The van der Waals surface area contributed by atoms with Crippen molar-refractivity contribution in [1.29, 1.82) is 5.26 Å². The normalized spacial score (nSPS) is 13.6. The van der Waals surface area contributed by atoms with E-state index >= 15 is 0 Å². The predicted octanol–water partition coefficient (Wildman–Crippen LogP) is 3.13. The van der Waals surface area contributed by atoms with E-state index in [9.17, 15) is 5.26 Å². The molecule has 3 heterocycles. The molecule has 0 spiro atoms. The van der Waals surface area contributed by atoms with Gasteiger partial charge in [0.1, 0.15) is 5.75 Å². The fraction of sp³-hybridized carbons (Fsp3) is 0.238. The van der Waals surface area contributed by atoms with Crippen LogP contribution in [0.1, 0.15) is 35.8 Å². The zero-order valence-electron chi connectivity index (χ0n) is 15.9. The molecule has 0 bridgehead atoms. The van der Waals surface area contributed by atoms with Crippen LogP contribution in [0.2, 0.25) is 0 Å². The van der Waals surface area contributed by atoms with Crippen molar-refractivity contribution in [3.63, 3.8) is 0 Å². The van der Waals surface area contributed by atoms with E-state index in [-0.39, 0.29) is 0 Å². The number of benzene rings is 1. The van der Waals surface area contributed by atoms with Crippen LogP contribution in [-0.4, -0.2) is 24.4 Å². The van der Waals surface area contributed by atoms with Crippen LogP contribution in [0.15, 0.2) is 42.6 Å². The first-order chi connectivity index (χ1) is 14.2. The van der Waals surface area contributed by atoms with Gasteiger partial charge in [-0.1, -0.05) is 0 Å². The topological polar surface area (TPSA) is 107 Å². The summed E-state index contributed by atoms with van der Waals surface area (Å²) in [4.78, 5) is 0. The van der Waals surface area contributed by atoms with E-state index in [2.05, 4.69) is 21.4 Å². The van der Waals surface area contributed by atoms with Crippen LogP contribution >= 0.6 is 0 Å². The average molecular weight is 385 g/mol. The SMILES string of the molecule is Cn1nc(C2CC2)cc1Oc1cc(C#N)ccc1-c1cccn2c(CN)nnc12. The predicted molar refractivity (Wildman–Crippen MR) is 106 cm³/mol. The van der Waals surface area contributed by atoms with Crippen LogP contribution in [0.3, 0.4) is 0 Å². The Hall–Kier alpha value is -3.70. The van der Waals surface area contributed by atoms with Crippen LogP contribution < -0.4 is 10.5 Å². The third kappa shape index (κ3) is 3.02. The van der Waals surface area contributed by atoms with Gasteiger partial charge in [0, 0.05) is 36.4 Å². The second kappa shape index (κ2) is 6.72. The maximum atomic E-state index is 9.37. The maximum absolute atomic E-state index is 9.37. The third-order valence-electron chi connectivity index (χ3n) is 5.15. The number of nitriles is 1. The molecule has 8 heteroatoms. The molecule has 1 aromatic carbocycles. The third-order valence-corrected chi connectivity index (χ3v) is 5.15. The van der Waals surface area contributed by atoms with Crippen molar-refractivity contribution in [2.24, 2.45) is 12.8 Å². The highest BCUT2D eigenvalue weighted by molar-refractivity contribution is 5.82. The van der Waals surface area contributed by atoms with Crippen LogP contribution in [0.4, 0.5) is 0 Å². The number of aryl methyl sites for hydroxylation is 1. The number of hydrogen-bond acceptors (Lipinski definition) is 6. The molecule has 8 nitrogen and oxygen atoms in total. The molecule has 0 amide bonds. The van der Waals surface area contributed by atoms with E-state index in [0.29, 0.717) is 41.1 Å². The Morgan fingerprint density at radius 3 is 2.83 bits per heavy atom. The smallest absolute Gasteiger partial charge is 0.217 e. The second-order valence-corrected chi connectivity index (χ2v) is 7.17. The minimum atomic E-state index is 0.292. The van der Waals surface area contributed by atoms with Crippen molar-refractivity contribution in [3.8, 4) is 28.8 Å². The Kier molecular flexibility index (Phi) is 4.03. The quantitative estimate of drug-likeness (QED) is 0.565. The van der Waals surface area contributed by atoms with E-state index in [1.165, 1.54) is 12.8 Å². The zero-order chi connectivity index (χ0) is 20.0. The molecular formula is C21H19N7O. The lowest BCUT2D eigenvalue weighted by atomic mass is 10.0. The standard InChI is InChI=1S/C21H19N7O/c1-27-20(10-17(26-27)14-5-6-14)29-18-9-13(11-22)4-7-15(18)16-3-2-8-28-19(12-23)24-25-21(16)28/h2-4,7-10,14H,5-6,12,23H2,1H3. The van der Waals surface area contributed by atoms with Crippen molar-refractivity contribution in [2.75, 3.05) is 0 Å². The number of hydrogen-bond donors (Lipinski definition) is 1. The largest absolute Gasteiger partial charge is 0.439 e. The highest BCUT2D eigenvalue weighted by Crippen LogP contribution is 2.42. The molecule has 29 heavy (non-hydrogen) atoms. The molecule has 0 saturated heterocycles. The summed E-state index contributed by atoms with van der Waals surface area (Å²) < 4.78 is 9.85. The van der Waals surface area contributed by atoms with Gasteiger partial charge in [0.05, 0.1) is 23.9 Å². The molecule has 0 atom stereocenters. The van der Waals surface area contributed by atoms with Gasteiger partial charge < -0.3 is 10.5 Å². The van der Waals surface area contributed by atoms with Crippen LogP contribution in [0.25, 0.3) is 16.8 Å². The van der Waals surface area contributed by atoms with E-state index < -0.39 is 0 Å². The number of aromatic nitrogens is 5. The van der Waals surface area contributed by atoms with Crippen molar-refractivity contribution in [3.05, 3.63) is 59.7 Å². The summed E-state index contributed by atoms with van der Waals surface area (Å²) in [6.07, 6.45) is 4.22. The molecule has 144 valence electrons. The summed E-state index contributed by atoms with van der Waals surface area (Å²) in [5.41, 5.74) is 9.70. The lowest BCUT2D eigenvalue weighted by Gasteiger charge is -2.12. The number of fused-ring (bicyclic) bond motifs is 1. The van der Waals surface area contributed by atoms with E-state index in [1.54, 1.807) is 16.8 Å². The number of nitrogens with zero attached hydrogens (tertiary/aromatic N) is 6. The average Bonchev–Trinajstić information content (AvgIpc) is 3.41. The number of ether oxygens (including phenoxy) is 1. The van der Waals surface area contributed by atoms with Gasteiger partial charge in [-0.3, -0.25) is 4.40 Å².